The van der Waals surface area contributed by atoms with E-state index in [1.165, 1.54) is 19.3 Å². The molecule has 0 aromatic rings. The second kappa shape index (κ2) is 10.1. The summed E-state index contributed by atoms with van der Waals surface area (Å²) in [4.78, 5) is 0. The molecule has 0 nitrogen and oxygen atoms in total. The van der Waals surface area contributed by atoms with Crippen molar-refractivity contribution in [3.8, 4) is 0 Å². The van der Waals surface area contributed by atoms with Crippen LogP contribution in [0, 0.1) is 11.3 Å². The summed E-state index contributed by atoms with van der Waals surface area (Å²) in [5.41, 5.74) is 0.519. The van der Waals surface area contributed by atoms with Crippen LogP contribution >= 0.6 is 0 Å². The molecule has 0 aromatic carbocycles. The van der Waals surface area contributed by atoms with Crippen LogP contribution in [0.15, 0.2) is 12.2 Å². The van der Waals surface area contributed by atoms with Crippen molar-refractivity contribution in [3.05, 3.63) is 12.2 Å². The van der Waals surface area contributed by atoms with Gasteiger partial charge < -0.3 is 0 Å². The van der Waals surface area contributed by atoms with Crippen LogP contribution in [0.1, 0.15) is 62.3 Å². The average molecular weight is 305 g/mol. The molecule has 4 radical (unpaired) electrons. The third-order valence-corrected chi connectivity index (χ3v) is 2.49. The van der Waals surface area contributed by atoms with Crippen molar-refractivity contribution in [2.45, 2.75) is 62.3 Å². The second-order valence-corrected chi connectivity index (χ2v) is 4.35. The normalized spacial score (nSPS) is 19.2. The molecule has 0 bridgehead atoms. The molecule has 1 aliphatic carbocycles. The standard InChI is InChI=1S/C10H18.3CH4.Sn/c1-10(2,3)9-7-5-4-6-8-9;;;;/h4-5,9H,6-8H2,1-3H3;3*1H4;. The molecule has 0 spiro atoms. The van der Waals surface area contributed by atoms with Gasteiger partial charge in [-0.25, -0.2) is 0 Å². The van der Waals surface area contributed by atoms with Gasteiger partial charge in [0.1, 0.15) is 0 Å². The topological polar surface area (TPSA) is 0 Å². The third kappa shape index (κ3) is 7.90. The van der Waals surface area contributed by atoms with Gasteiger partial charge in [0.25, 0.3) is 0 Å². The third-order valence-electron chi connectivity index (χ3n) is 2.49. The first-order chi connectivity index (χ1) is 4.61. The fourth-order valence-corrected chi connectivity index (χ4v) is 1.58. The van der Waals surface area contributed by atoms with Crippen LogP contribution in [0.3, 0.4) is 0 Å². The summed E-state index contributed by atoms with van der Waals surface area (Å²) in [6, 6.07) is 0. The smallest absolute Gasteiger partial charge is 0 e. The van der Waals surface area contributed by atoms with E-state index in [9.17, 15) is 0 Å². The number of hydrogen-bond acceptors (Lipinski definition) is 0. The van der Waals surface area contributed by atoms with Crippen LogP contribution in [-0.4, -0.2) is 23.9 Å². The predicted octanol–water partition coefficient (Wildman–Crippen LogP) is 4.92. The predicted molar refractivity (Wildman–Crippen MR) is 71.9 cm³/mol. The molecule has 14 heavy (non-hydrogen) atoms. The van der Waals surface area contributed by atoms with Gasteiger partial charge in [0.15, 0.2) is 0 Å². The minimum Gasteiger partial charge on any atom is -0.0885 e. The first kappa shape index (κ1) is 24.0. The maximum Gasteiger partial charge on any atom is 0 e. The van der Waals surface area contributed by atoms with E-state index in [1.54, 1.807) is 0 Å². The molecule has 1 aliphatic rings. The van der Waals surface area contributed by atoms with Crippen LogP contribution < -0.4 is 0 Å². The summed E-state index contributed by atoms with van der Waals surface area (Å²) >= 11 is 0. The molecule has 0 N–H and O–H groups in total. The summed E-state index contributed by atoms with van der Waals surface area (Å²) < 4.78 is 0. The van der Waals surface area contributed by atoms with Crippen LogP contribution in [0.2, 0.25) is 0 Å². The van der Waals surface area contributed by atoms with E-state index in [-0.39, 0.29) is 46.2 Å². The first-order valence-corrected chi connectivity index (χ1v) is 4.26. The Kier molecular flexibility index (Phi) is 17.3. The van der Waals surface area contributed by atoms with Gasteiger partial charge in [-0.05, 0) is 30.6 Å². The van der Waals surface area contributed by atoms with Crippen LogP contribution in [0.25, 0.3) is 0 Å². The van der Waals surface area contributed by atoms with Crippen LogP contribution in [0.5, 0.6) is 0 Å². The molecule has 0 saturated heterocycles. The Morgan fingerprint density at radius 3 is 1.71 bits per heavy atom. The summed E-state index contributed by atoms with van der Waals surface area (Å²) in [5.74, 6) is 0.914. The molecule has 1 atom stereocenters. The van der Waals surface area contributed by atoms with E-state index < -0.39 is 0 Å². The van der Waals surface area contributed by atoms with E-state index in [0.717, 1.165) is 5.92 Å². The first-order valence-electron chi connectivity index (χ1n) is 4.26. The zero-order valence-electron chi connectivity index (χ0n) is 7.85. The van der Waals surface area contributed by atoms with Gasteiger partial charge in [-0.2, -0.15) is 0 Å². The molecule has 0 aliphatic heterocycles. The molecule has 86 valence electrons. The Balaban J connectivity index is -0.000000125. The Bertz CT molecular complexity index is 131. The van der Waals surface area contributed by atoms with Gasteiger partial charge in [-0.1, -0.05) is 55.2 Å². The Labute approximate surface area is 110 Å². The van der Waals surface area contributed by atoms with Crippen molar-refractivity contribution in [3.63, 3.8) is 0 Å². The quantitative estimate of drug-likeness (QED) is 0.440. The Morgan fingerprint density at radius 1 is 1.00 bits per heavy atom. The van der Waals surface area contributed by atoms with Crippen LogP contribution in [0.4, 0.5) is 0 Å². The van der Waals surface area contributed by atoms with Gasteiger partial charge >= 0.3 is 0 Å². The fourth-order valence-electron chi connectivity index (χ4n) is 1.58. The van der Waals surface area contributed by atoms with Gasteiger partial charge in [-0.15, -0.1) is 0 Å². The average Bonchev–Trinajstić information content (AvgIpc) is 1.88. The summed E-state index contributed by atoms with van der Waals surface area (Å²) in [5, 5.41) is 0. The number of rotatable bonds is 0. The van der Waals surface area contributed by atoms with Crippen LogP contribution in [-0.2, 0) is 0 Å². The molecule has 0 fully saturated rings. The van der Waals surface area contributed by atoms with Gasteiger partial charge in [-0.3, -0.25) is 0 Å². The summed E-state index contributed by atoms with van der Waals surface area (Å²) in [6.45, 7) is 7.03. The maximum absolute atomic E-state index is 2.34. The molecule has 1 unspecified atom stereocenters. The van der Waals surface area contributed by atoms with Gasteiger partial charge in [0, 0.05) is 23.9 Å². The number of hydrogen-bond donors (Lipinski definition) is 0. The van der Waals surface area contributed by atoms with E-state index in [1.807, 2.05) is 0 Å². The SMILES string of the molecule is C.C.C.CC(C)(C)C1CC=CCC1.[Sn]. The van der Waals surface area contributed by atoms with Crippen molar-refractivity contribution in [2.24, 2.45) is 11.3 Å². The second-order valence-electron chi connectivity index (χ2n) is 4.35. The van der Waals surface area contributed by atoms with Crippen molar-refractivity contribution in [2.75, 3.05) is 0 Å². The van der Waals surface area contributed by atoms with E-state index >= 15 is 0 Å². The molecule has 0 aromatic heterocycles. The minimum absolute atomic E-state index is 0. The zero-order valence-corrected chi connectivity index (χ0v) is 10.7. The van der Waals surface area contributed by atoms with Crippen molar-refractivity contribution in [1.82, 2.24) is 0 Å². The van der Waals surface area contributed by atoms with Gasteiger partial charge in [0.2, 0.25) is 0 Å². The van der Waals surface area contributed by atoms with E-state index in [2.05, 4.69) is 32.9 Å². The summed E-state index contributed by atoms with van der Waals surface area (Å²) in [7, 11) is 0. The van der Waals surface area contributed by atoms with Crippen molar-refractivity contribution >= 4 is 23.9 Å². The molecule has 0 heterocycles. The molecule has 1 rings (SSSR count). The Morgan fingerprint density at radius 2 is 1.50 bits per heavy atom. The Hall–Kier alpha value is 0.539. The molecular formula is C13H30Sn. The minimum atomic E-state index is 0. The van der Waals surface area contributed by atoms with E-state index in [0.29, 0.717) is 5.41 Å². The fraction of sp³-hybridized carbons (Fsp3) is 0.846. The summed E-state index contributed by atoms with van der Waals surface area (Å²) in [6.07, 6.45) is 8.62. The molecular weight excluding hydrogens is 275 g/mol. The van der Waals surface area contributed by atoms with Crippen molar-refractivity contribution < 1.29 is 0 Å². The maximum atomic E-state index is 2.34. The van der Waals surface area contributed by atoms with Gasteiger partial charge in [0.05, 0.1) is 0 Å². The number of allylic oxidation sites excluding steroid dienone is 2. The molecule has 1 heteroatoms. The van der Waals surface area contributed by atoms with Crippen molar-refractivity contribution in [1.29, 1.82) is 0 Å². The van der Waals surface area contributed by atoms with E-state index in [4.69, 9.17) is 0 Å². The zero-order chi connectivity index (χ0) is 7.61. The molecule has 0 saturated carbocycles. The monoisotopic (exact) mass is 306 g/mol. The molecule has 0 amide bonds. The largest absolute Gasteiger partial charge is 0.0885 e.